The van der Waals surface area contributed by atoms with Gasteiger partial charge >= 0.3 is 0 Å². The Balaban J connectivity index is 2.22. The standard InChI is InChI=1S/C8H11N3O/c12-8-6-4-9-3-1-2-7(6)10-5-11-8/h1-3,6,9-10H,4-5H2,(H,11,12). The third kappa shape index (κ3) is 1.15. The van der Waals surface area contributed by atoms with E-state index in [1.165, 1.54) is 0 Å². The smallest absolute Gasteiger partial charge is 0.232 e. The predicted molar refractivity (Wildman–Crippen MR) is 44.9 cm³/mol. The van der Waals surface area contributed by atoms with E-state index in [2.05, 4.69) is 16.0 Å². The zero-order chi connectivity index (χ0) is 8.39. The van der Waals surface area contributed by atoms with Gasteiger partial charge in [0.15, 0.2) is 0 Å². The van der Waals surface area contributed by atoms with Crippen LogP contribution in [0.3, 0.4) is 0 Å². The summed E-state index contributed by atoms with van der Waals surface area (Å²) < 4.78 is 0. The Kier molecular flexibility index (Phi) is 1.74. The summed E-state index contributed by atoms with van der Waals surface area (Å²) in [5, 5.41) is 8.92. The summed E-state index contributed by atoms with van der Waals surface area (Å²) >= 11 is 0. The molecule has 1 fully saturated rings. The van der Waals surface area contributed by atoms with Gasteiger partial charge < -0.3 is 16.0 Å². The summed E-state index contributed by atoms with van der Waals surface area (Å²) in [6.45, 7) is 1.20. The molecular formula is C8H11N3O. The lowest BCUT2D eigenvalue weighted by Crippen LogP contribution is -2.49. The highest BCUT2D eigenvalue weighted by molar-refractivity contribution is 5.82. The molecule has 0 bridgehead atoms. The van der Waals surface area contributed by atoms with Crippen LogP contribution < -0.4 is 16.0 Å². The van der Waals surface area contributed by atoms with Gasteiger partial charge in [0.25, 0.3) is 0 Å². The normalized spacial score (nSPS) is 27.2. The van der Waals surface area contributed by atoms with Gasteiger partial charge in [0.05, 0.1) is 12.6 Å². The monoisotopic (exact) mass is 165 g/mol. The largest absolute Gasteiger partial charge is 0.390 e. The van der Waals surface area contributed by atoms with Crippen molar-refractivity contribution in [1.82, 2.24) is 16.0 Å². The molecule has 1 atom stereocenters. The average molecular weight is 165 g/mol. The lowest BCUT2D eigenvalue weighted by Gasteiger charge is -2.25. The van der Waals surface area contributed by atoms with Crippen molar-refractivity contribution in [3.63, 3.8) is 0 Å². The van der Waals surface area contributed by atoms with Crippen molar-refractivity contribution in [3.05, 3.63) is 24.0 Å². The zero-order valence-corrected chi connectivity index (χ0v) is 6.63. The van der Waals surface area contributed by atoms with E-state index >= 15 is 0 Å². The molecule has 0 aromatic rings. The van der Waals surface area contributed by atoms with Gasteiger partial charge in [0.2, 0.25) is 5.91 Å². The van der Waals surface area contributed by atoms with Gasteiger partial charge in [-0.05, 0) is 18.4 Å². The number of carbonyl (C=O) groups excluding carboxylic acids is 1. The van der Waals surface area contributed by atoms with Crippen LogP contribution in [0.1, 0.15) is 0 Å². The minimum atomic E-state index is -0.0613. The molecule has 12 heavy (non-hydrogen) atoms. The molecule has 2 aliphatic rings. The molecule has 0 spiro atoms. The van der Waals surface area contributed by atoms with Crippen LogP contribution in [0.2, 0.25) is 0 Å². The van der Waals surface area contributed by atoms with Gasteiger partial charge in [-0.2, -0.15) is 0 Å². The van der Waals surface area contributed by atoms with Gasteiger partial charge in [0, 0.05) is 12.2 Å². The highest BCUT2D eigenvalue weighted by atomic mass is 16.2. The highest BCUT2D eigenvalue weighted by Crippen LogP contribution is 2.12. The summed E-state index contributed by atoms with van der Waals surface area (Å²) in [5.41, 5.74) is 1.00. The fraction of sp³-hybridized carbons (Fsp3) is 0.375. The summed E-state index contributed by atoms with van der Waals surface area (Å²) in [5.74, 6) is 0.0324. The van der Waals surface area contributed by atoms with Crippen molar-refractivity contribution in [3.8, 4) is 0 Å². The number of amides is 1. The fourth-order valence-corrected chi connectivity index (χ4v) is 1.40. The molecule has 0 aliphatic carbocycles. The van der Waals surface area contributed by atoms with Crippen molar-refractivity contribution in [2.24, 2.45) is 5.92 Å². The lowest BCUT2D eigenvalue weighted by molar-refractivity contribution is -0.124. The molecule has 3 N–H and O–H groups in total. The van der Waals surface area contributed by atoms with Crippen molar-refractivity contribution in [2.75, 3.05) is 13.2 Å². The topological polar surface area (TPSA) is 53.2 Å². The lowest BCUT2D eigenvalue weighted by atomic mass is 10.0. The molecule has 1 amide bonds. The van der Waals surface area contributed by atoms with E-state index in [9.17, 15) is 4.79 Å². The second kappa shape index (κ2) is 2.89. The average Bonchev–Trinajstić information content (AvgIpc) is 2.30. The van der Waals surface area contributed by atoms with E-state index < -0.39 is 0 Å². The fourth-order valence-electron chi connectivity index (χ4n) is 1.40. The molecule has 4 heteroatoms. The Morgan fingerprint density at radius 1 is 1.42 bits per heavy atom. The summed E-state index contributed by atoms with van der Waals surface area (Å²) in [7, 11) is 0. The van der Waals surface area contributed by atoms with Crippen LogP contribution in [0.5, 0.6) is 0 Å². The quantitative estimate of drug-likeness (QED) is 0.444. The van der Waals surface area contributed by atoms with Crippen LogP contribution in [-0.2, 0) is 4.79 Å². The summed E-state index contributed by atoms with van der Waals surface area (Å²) in [6.07, 6.45) is 5.69. The first-order valence-electron chi connectivity index (χ1n) is 3.99. The van der Waals surface area contributed by atoms with E-state index in [0.717, 1.165) is 5.70 Å². The Morgan fingerprint density at radius 3 is 3.25 bits per heavy atom. The Bertz CT molecular complexity index is 257. The Morgan fingerprint density at radius 2 is 2.33 bits per heavy atom. The molecule has 0 radical (unpaired) electrons. The molecule has 0 saturated carbocycles. The molecule has 2 rings (SSSR count). The zero-order valence-electron chi connectivity index (χ0n) is 6.63. The van der Waals surface area contributed by atoms with Crippen LogP contribution in [0, 0.1) is 5.92 Å². The van der Waals surface area contributed by atoms with E-state index in [-0.39, 0.29) is 11.8 Å². The first-order chi connectivity index (χ1) is 5.88. The first kappa shape index (κ1) is 7.21. The molecule has 0 aromatic carbocycles. The number of nitrogens with one attached hydrogen (secondary N) is 3. The molecule has 1 saturated heterocycles. The van der Waals surface area contributed by atoms with Gasteiger partial charge in [0.1, 0.15) is 0 Å². The van der Waals surface area contributed by atoms with Crippen molar-refractivity contribution in [2.45, 2.75) is 0 Å². The molecule has 0 aromatic heterocycles. The van der Waals surface area contributed by atoms with Gasteiger partial charge in [-0.1, -0.05) is 0 Å². The van der Waals surface area contributed by atoms with Crippen LogP contribution in [0.25, 0.3) is 0 Å². The molecule has 4 nitrogen and oxygen atoms in total. The van der Waals surface area contributed by atoms with Crippen LogP contribution in [0.15, 0.2) is 24.0 Å². The number of allylic oxidation sites excluding steroid dienone is 2. The maximum atomic E-state index is 11.3. The second-order valence-corrected chi connectivity index (χ2v) is 2.84. The maximum absolute atomic E-state index is 11.3. The van der Waals surface area contributed by atoms with E-state index in [4.69, 9.17) is 0 Å². The number of carbonyl (C=O) groups is 1. The predicted octanol–water partition coefficient (Wildman–Crippen LogP) is -0.720. The number of rotatable bonds is 0. The molecule has 2 aliphatic heterocycles. The first-order valence-corrected chi connectivity index (χ1v) is 3.99. The van der Waals surface area contributed by atoms with Crippen molar-refractivity contribution >= 4 is 5.91 Å². The van der Waals surface area contributed by atoms with Gasteiger partial charge in [-0.15, -0.1) is 0 Å². The van der Waals surface area contributed by atoms with Gasteiger partial charge in [-0.3, -0.25) is 4.79 Å². The third-order valence-corrected chi connectivity index (χ3v) is 2.06. The number of hydrogen-bond acceptors (Lipinski definition) is 3. The van der Waals surface area contributed by atoms with Crippen LogP contribution in [-0.4, -0.2) is 19.1 Å². The second-order valence-electron chi connectivity index (χ2n) is 2.84. The Labute approximate surface area is 70.7 Å². The SMILES string of the molecule is O=C1NCNC2=CC=CNCC12. The molecule has 2 heterocycles. The maximum Gasteiger partial charge on any atom is 0.232 e. The van der Waals surface area contributed by atoms with Crippen LogP contribution >= 0.6 is 0 Å². The third-order valence-electron chi connectivity index (χ3n) is 2.06. The summed E-state index contributed by atoms with van der Waals surface area (Å²) in [4.78, 5) is 11.3. The van der Waals surface area contributed by atoms with E-state index in [1.54, 1.807) is 0 Å². The minimum absolute atomic E-state index is 0.0613. The van der Waals surface area contributed by atoms with Crippen LogP contribution in [0.4, 0.5) is 0 Å². The molecular weight excluding hydrogens is 154 g/mol. The van der Waals surface area contributed by atoms with Crippen molar-refractivity contribution < 1.29 is 4.79 Å². The van der Waals surface area contributed by atoms with Gasteiger partial charge in [-0.25, -0.2) is 0 Å². The summed E-state index contributed by atoms with van der Waals surface area (Å²) in [6, 6.07) is 0. The van der Waals surface area contributed by atoms with E-state index in [1.807, 2.05) is 18.4 Å². The highest BCUT2D eigenvalue weighted by Gasteiger charge is 2.26. The minimum Gasteiger partial charge on any atom is -0.390 e. The number of fused-ring (bicyclic) bond motifs is 1. The van der Waals surface area contributed by atoms with E-state index in [0.29, 0.717) is 13.2 Å². The Hall–Kier alpha value is -1.45. The number of hydrogen-bond donors (Lipinski definition) is 3. The molecule has 1 unspecified atom stereocenters. The molecule has 64 valence electrons. The van der Waals surface area contributed by atoms with Crippen molar-refractivity contribution in [1.29, 1.82) is 0 Å².